The number of hydrogen-bond donors (Lipinski definition) is 0. The Hall–Kier alpha value is -2.78. The van der Waals surface area contributed by atoms with Gasteiger partial charge >= 0.3 is 0 Å². The van der Waals surface area contributed by atoms with E-state index in [1.54, 1.807) is 22.8 Å². The Morgan fingerprint density at radius 2 is 2.07 bits per heavy atom. The molecule has 0 bridgehead atoms. The number of rotatable bonds is 8. The van der Waals surface area contributed by atoms with Crippen molar-refractivity contribution in [1.82, 2.24) is 9.55 Å². The molecular weight excluding hydrogens is 358 g/mol. The van der Waals surface area contributed by atoms with E-state index in [4.69, 9.17) is 10.00 Å². The fraction of sp³-hybridized carbons (Fsp3) is 0.286. The molecule has 5 nitrogen and oxygen atoms in total. The lowest BCUT2D eigenvalue weighted by Crippen LogP contribution is -2.23. The van der Waals surface area contributed by atoms with Gasteiger partial charge < -0.3 is 4.74 Å². The van der Waals surface area contributed by atoms with Gasteiger partial charge in [-0.05, 0) is 36.8 Å². The van der Waals surface area contributed by atoms with Crippen LogP contribution in [-0.4, -0.2) is 21.9 Å². The van der Waals surface area contributed by atoms with Gasteiger partial charge in [0.1, 0.15) is 5.75 Å². The Kier molecular flexibility index (Phi) is 6.50. The second kappa shape index (κ2) is 9.24. The number of nitriles is 1. The summed E-state index contributed by atoms with van der Waals surface area (Å²) in [4.78, 5) is 17.5. The summed E-state index contributed by atoms with van der Waals surface area (Å²) in [6.45, 7) is 3.24. The van der Waals surface area contributed by atoms with Crippen LogP contribution in [0, 0.1) is 11.3 Å². The molecule has 138 valence electrons. The number of fused-ring (bicyclic) bond motifs is 1. The van der Waals surface area contributed by atoms with E-state index < -0.39 is 0 Å². The number of benzene rings is 2. The fourth-order valence-corrected chi connectivity index (χ4v) is 3.56. The van der Waals surface area contributed by atoms with Gasteiger partial charge in [0.15, 0.2) is 5.16 Å². The molecule has 3 aromatic rings. The van der Waals surface area contributed by atoms with Crippen molar-refractivity contribution in [3.63, 3.8) is 0 Å². The maximum Gasteiger partial charge on any atom is 0.262 e. The highest BCUT2D eigenvalue weighted by atomic mass is 32.2. The van der Waals surface area contributed by atoms with Gasteiger partial charge in [0.25, 0.3) is 5.56 Å². The van der Waals surface area contributed by atoms with Crippen LogP contribution < -0.4 is 10.3 Å². The number of aromatic nitrogens is 2. The van der Waals surface area contributed by atoms with E-state index in [0.29, 0.717) is 35.6 Å². The van der Waals surface area contributed by atoms with E-state index >= 15 is 0 Å². The molecule has 0 saturated heterocycles. The van der Waals surface area contributed by atoms with Crippen molar-refractivity contribution >= 4 is 22.7 Å². The summed E-state index contributed by atoms with van der Waals surface area (Å²) in [5, 5.41) is 10.3. The standard InChI is InChI=1S/C21H21N3O2S/c1-2-3-11-24-20(25)18-9-4-5-10-19(18)23-21(24)27-13-12-26-17-8-6-7-16(14-17)15-22/h4-10,14H,2-3,11-13H2,1H3. The second-order valence-corrected chi connectivity index (χ2v) is 7.12. The maximum atomic E-state index is 12.8. The van der Waals surface area contributed by atoms with Crippen LogP contribution >= 0.6 is 11.8 Å². The third-order valence-corrected chi connectivity index (χ3v) is 5.05. The van der Waals surface area contributed by atoms with Crippen molar-refractivity contribution in [2.24, 2.45) is 0 Å². The minimum atomic E-state index is 0.0131. The number of thioether (sulfide) groups is 1. The lowest BCUT2D eigenvalue weighted by molar-refractivity contribution is 0.343. The summed E-state index contributed by atoms with van der Waals surface area (Å²) in [6, 6.07) is 16.6. The van der Waals surface area contributed by atoms with E-state index in [-0.39, 0.29) is 5.56 Å². The van der Waals surface area contributed by atoms with Crippen molar-refractivity contribution in [2.45, 2.75) is 31.5 Å². The summed E-state index contributed by atoms with van der Waals surface area (Å²) < 4.78 is 7.49. The molecule has 0 N–H and O–H groups in total. The molecule has 0 amide bonds. The monoisotopic (exact) mass is 379 g/mol. The fourth-order valence-electron chi connectivity index (χ4n) is 2.72. The molecule has 0 aliphatic rings. The maximum absolute atomic E-state index is 12.8. The zero-order chi connectivity index (χ0) is 19.1. The highest BCUT2D eigenvalue weighted by Crippen LogP contribution is 2.19. The quantitative estimate of drug-likeness (QED) is 0.333. The van der Waals surface area contributed by atoms with Crippen molar-refractivity contribution < 1.29 is 4.74 Å². The molecule has 0 fully saturated rings. The number of unbranched alkanes of at least 4 members (excludes halogenated alkanes) is 1. The van der Waals surface area contributed by atoms with Crippen molar-refractivity contribution in [2.75, 3.05) is 12.4 Å². The molecule has 1 aromatic heterocycles. The highest BCUT2D eigenvalue weighted by molar-refractivity contribution is 7.99. The Balaban J connectivity index is 1.73. The van der Waals surface area contributed by atoms with Gasteiger partial charge in [-0.25, -0.2) is 4.98 Å². The predicted molar refractivity (Wildman–Crippen MR) is 108 cm³/mol. The van der Waals surface area contributed by atoms with Crippen LogP contribution in [0.25, 0.3) is 10.9 Å². The molecule has 27 heavy (non-hydrogen) atoms. The lowest BCUT2D eigenvalue weighted by Gasteiger charge is -2.13. The van der Waals surface area contributed by atoms with Gasteiger partial charge in [0.05, 0.1) is 29.1 Å². The van der Waals surface area contributed by atoms with Crippen molar-refractivity contribution in [1.29, 1.82) is 5.26 Å². The molecule has 0 unspecified atom stereocenters. The Bertz CT molecular complexity index is 1020. The van der Waals surface area contributed by atoms with E-state index in [1.807, 2.05) is 30.3 Å². The lowest BCUT2D eigenvalue weighted by atomic mass is 10.2. The normalized spacial score (nSPS) is 10.7. The summed E-state index contributed by atoms with van der Waals surface area (Å²) in [5.74, 6) is 1.33. The Morgan fingerprint density at radius 1 is 1.22 bits per heavy atom. The summed E-state index contributed by atoms with van der Waals surface area (Å²) in [7, 11) is 0. The van der Waals surface area contributed by atoms with E-state index in [1.165, 1.54) is 11.8 Å². The Morgan fingerprint density at radius 3 is 2.89 bits per heavy atom. The summed E-state index contributed by atoms with van der Waals surface area (Å²) in [5.41, 5.74) is 1.31. The number of ether oxygens (including phenoxy) is 1. The molecule has 0 spiro atoms. The van der Waals surface area contributed by atoms with Gasteiger partial charge in [-0.2, -0.15) is 5.26 Å². The smallest absolute Gasteiger partial charge is 0.262 e. The summed E-state index contributed by atoms with van der Waals surface area (Å²) >= 11 is 1.52. The van der Waals surface area contributed by atoms with E-state index in [9.17, 15) is 4.79 Å². The van der Waals surface area contributed by atoms with Gasteiger partial charge in [0.2, 0.25) is 0 Å². The van der Waals surface area contributed by atoms with Crippen LogP contribution in [-0.2, 0) is 6.54 Å². The van der Waals surface area contributed by atoms with Gasteiger partial charge in [-0.1, -0.05) is 43.3 Å². The van der Waals surface area contributed by atoms with Crippen LogP contribution in [0.2, 0.25) is 0 Å². The zero-order valence-corrected chi connectivity index (χ0v) is 16.0. The molecule has 2 aromatic carbocycles. The molecule has 1 heterocycles. The van der Waals surface area contributed by atoms with Gasteiger partial charge in [-0.15, -0.1) is 0 Å². The topological polar surface area (TPSA) is 67.9 Å². The zero-order valence-electron chi connectivity index (χ0n) is 15.2. The van der Waals surface area contributed by atoms with Gasteiger partial charge in [0, 0.05) is 12.3 Å². The molecule has 0 aliphatic heterocycles. The van der Waals surface area contributed by atoms with Crippen LogP contribution in [0.3, 0.4) is 0 Å². The number of nitrogens with zero attached hydrogens (tertiary/aromatic N) is 3. The molecular formula is C21H21N3O2S. The molecule has 3 rings (SSSR count). The first kappa shape index (κ1) is 19.0. The van der Waals surface area contributed by atoms with Crippen molar-refractivity contribution in [3.05, 3.63) is 64.4 Å². The number of hydrogen-bond acceptors (Lipinski definition) is 5. The average molecular weight is 379 g/mol. The first-order valence-corrected chi connectivity index (χ1v) is 9.97. The van der Waals surface area contributed by atoms with Crippen LogP contribution in [0.5, 0.6) is 5.75 Å². The molecule has 0 atom stereocenters. The largest absolute Gasteiger partial charge is 0.493 e. The molecule has 6 heteroatoms. The van der Waals surface area contributed by atoms with E-state index in [2.05, 4.69) is 18.0 Å². The van der Waals surface area contributed by atoms with Crippen LogP contribution in [0.4, 0.5) is 0 Å². The van der Waals surface area contributed by atoms with Crippen LogP contribution in [0.1, 0.15) is 25.3 Å². The number of para-hydroxylation sites is 1. The minimum absolute atomic E-state index is 0.0131. The predicted octanol–water partition coefficient (Wildman–Crippen LogP) is 4.24. The molecule has 0 radical (unpaired) electrons. The average Bonchev–Trinajstić information content (AvgIpc) is 2.71. The molecule has 0 aliphatic carbocycles. The minimum Gasteiger partial charge on any atom is -0.493 e. The third-order valence-electron chi connectivity index (χ3n) is 4.11. The highest BCUT2D eigenvalue weighted by Gasteiger charge is 2.11. The van der Waals surface area contributed by atoms with E-state index in [0.717, 1.165) is 23.5 Å². The molecule has 0 saturated carbocycles. The van der Waals surface area contributed by atoms with Crippen molar-refractivity contribution in [3.8, 4) is 11.8 Å². The second-order valence-electron chi connectivity index (χ2n) is 6.06. The van der Waals surface area contributed by atoms with Gasteiger partial charge in [-0.3, -0.25) is 9.36 Å². The van der Waals surface area contributed by atoms with Crippen LogP contribution in [0.15, 0.2) is 58.5 Å². The SMILES string of the molecule is CCCCn1c(SCCOc2cccc(C#N)c2)nc2ccccc2c1=O. The first-order valence-electron chi connectivity index (χ1n) is 8.98. The third kappa shape index (κ3) is 4.69. The summed E-state index contributed by atoms with van der Waals surface area (Å²) in [6.07, 6.45) is 1.95. The Labute approximate surface area is 162 Å². The first-order chi connectivity index (χ1) is 13.2.